The van der Waals surface area contributed by atoms with Gasteiger partial charge in [0.2, 0.25) is 0 Å². The van der Waals surface area contributed by atoms with Crippen LogP contribution in [0.3, 0.4) is 0 Å². The molecule has 0 saturated carbocycles. The Bertz CT molecular complexity index is 440. The van der Waals surface area contributed by atoms with Crippen LogP contribution < -0.4 is 11.3 Å². The first-order valence-corrected chi connectivity index (χ1v) is 7.02. The van der Waals surface area contributed by atoms with Gasteiger partial charge >= 0.3 is 108 Å². The van der Waals surface area contributed by atoms with Gasteiger partial charge in [-0.15, -0.1) is 0 Å². The van der Waals surface area contributed by atoms with Gasteiger partial charge in [-0.1, -0.05) is 0 Å². The molecule has 0 aliphatic carbocycles. The second kappa shape index (κ2) is 5.45. The summed E-state index contributed by atoms with van der Waals surface area (Å²) < 4.78 is 5.81. The molecule has 18 heavy (non-hydrogen) atoms. The van der Waals surface area contributed by atoms with Crippen molar-refractivity contribution in [3.05, 3.63) is 15.2 Å². The maximum absolute atomic E-state index is 11.2. The number of nitrogens with two attached hydrogens (primary N) is 1. The number of nitrogens with zero attached hydrogens (tertiary/aromatic N) is 1. The molecule has 2 rings (SSSR count). The zero-order valence-electron chi connectivity index (χ0n) is 9.18. The molecule has 0 spiro atoms. The van der Waals surface area contributed by atoms with Gasteiger partial charge in [0, 0.05) is 0 Å². The van der Waals surface area contributed by atoms with Crippen molar-refractivity contribution in [2.45, 2.75) is 24.4 Å². The van der Waals surface area contributed by atoms with Crippen LogP contribution in [0.4, 0.5) is 0 Å². The summed E-state index contributed by atoms with van der Waals surface area (Å²) in [5, 5.41) is 28.4. The molecule has 1 fully saturated rings. The minimum absolute atomic E-state index is 0.172. The van der Waals surface area contributed by atoms with Gasteiger partial charge in [-0.3, -0.25) is 0 Å². The number of aromatic nitrogens is 1. The number of hydrogen-bond acceptors (Lipinski definition) is 7. The van der Waals surface area contributed by atoms with Gasteiger partial charge in [0.15, 0.2) is 0 Å². The number of ether oxygens (including phenoxy) is 1. The van der Waals surface area contributed by atoms with Gasteiger partial charge in [0.05, 0.1) is 0 Å². The van der Waals surface area contributed by atoms with Crippen LogP contribution in [0.5, 0.6) is 0 Å². The quantitative estimate of drug-likeness (QED) is 0.172. The van der Waals surface area contributed by atoms with E-state index in [2.05, 4.69) is 4.98 Å². The zero-order chi connectivity index (χ0) is 13.3. The van der Waals surface area contributed by atoms with Crippen molar-refractivity contribution in [3.63, 3.8) is 0 Å². The van der Waals surface area contributed by atoms with E-state index in [1.165, 1.54) is 0 Å². The Hall–Kier alpha value is -0.801. The number of nitrogens with one attached hydrogen (secondary N) is 1. The molecule has 0 bridgehead atoms. The Morgan fingerprint density at radius 2 is 2.28 bits per heavy atom. The second-order valence-corrected chi connectivity index (χ2v) is 5.67. The Labute approximate surface area is 108 Å². The van der Waals surface area contributed by atoms with Crippen LogP contribution in [-0.4, -0.2) is 65.6 Å². The van der Waals surface area contributed by atoms with Gasteiger partial charge in [-0.05, 0) is 0 Å². The topological polar surface area (TPSA) is 138 Å². The number of carbonyl (C=O) groups is 1. The van der Waals surface area contributed by atoms with E-state index in [0.29, 0.717) is 4.57 Å². The fraction of sp³-hybridized carbons (Fsp3) is 0.556. The van der Waals surface area contributed by atoms with Crippen LogP contribution in [0.2, 0.25) is 0 Å². The average Bonchev–Trinajstić information content (AvgIpc) is 2.96. The summed E-state index contributed by atoms with van der Waals surface area (Å²) >= 11 is -0.252. The first-order valence-electron chi connectivity index (χ1n) is 5.17. The molecule has 0 radical (unpaired) electrons. The predicted molar refractivity (Wildman–Crippen MR) is 59.5 cm³/mol. The van der Waals surface area contributed by atoms with Gasteiger partial charge < -0.3 is 0 Å². The molecular weight excluding hydrogens is 309 g/mol. The van der Waals surface area contributed by atoms with E-state index in [4.69, 9.17) is 15.7 Å². The molecule has 0 unspecified atom stereocenters. The maximum atomic E-state index is 11.2. The first kappa shape index (κ1) is 13.6. The minimum atomic E-state index is -1.16. The van der Waals surface area contributed by atoms with Gasteiger partial charge in [-0.2, -0.15) is 0 Å². The molecule has 6 N–H and O–H groups in total. The monoisotopic (exact) mass is 323 g/mol. The van der Waals surface area contributed by atoms with E-state index in [0.717, 1.165) is 0 Å². The van der Waals surface area contributed by atoms with Crippen molar-refractivity contribution >= 4 is 20.4 Å². The van der Waals surface area contributed by atoms with E-state index >= 15 is 0 Å². The van der Waals surface area contributed by atoms with Crippen molar-refractivity contribution < 1.29 is 24.9 Å². The second-order valence-electron chi connectivity index (χ2n) is 3.80. The summed E-state index contributed by atoms with van der Waals surface area (Å²) in [6, 6.07) is 0. The van der Waals surface area contributed by atoms with Crippen molar-refractivity contribution in [1.82, 2.24) is 10.4 Å². The Balaban J connectivity index is 2.17. The van der Waals surface area contributed by atoms with E-state index < -0.39 is 36.9 Å². The number of amides is 1. The van der Waals surface area contributed by atoms with Crippen molar-refractivity contribution in [3.8, 4) is 0 Å². The molecule has 1 amide bonds. The van der Waals surface area contributed by atoms with Crippen molar-refractivity contribution in [2.75, 3.05) is 6.61 Å². The molecule has 1 aliphatic heterocycles. The summed E-state index contributed by atoms with van der Waals surface area (Å²) in [6.07, 6.45) is -3.95. The molecule has 1 aromatic rings. The molecule has 0 aromatic carbocycles. The molecule has 1 aliphatic rings. The van der Waals surface area contributed by atoms with Gasteiger partial charge in [0.25, 0.3) is 0 Å². The fourth-order valence-corrected chi connectivity index (χ4v) is 3.53. The first-order chi connectivity index (χ1) is 8.58. The van der Waals surface area contributed by atoms with Crippen LogP contribution >= 0.6 is 0 Å². The fourth-order valence-electron chi connectivity index (χ4n) is 1.70. The molecule has 9 heteroatoms. The molecule has 4 atom stereocenters. The number of rotatable bonds is 3. The SMILES string of the molecule is NNC(=O)c1c[se]c([C@@H]2O[C@H](CO)[C@@H](O)[C@H]2O)n1. The molecule has 100 valence electrons. The van der Waals surface area contributed by atoms with Crippen molar-refractivity contribution in [2.24, 2.45) is 5.84 Å². The average molecular weight is 322 g/mol. The summed E-state index contributed by atoms with van der Waals surface area (Å²) in [4.78, 5) is 16.9. The predicted octanol–water partition coefficient (Wildman–Crippen LogP) is -3.10. The normalized spacial score (nSPS) is 31.6. The van der Waals surface area contributed by atoms with Crippen LogP contribution in [-0.2, 0) is 4.74 Å². The van der Waals surface area contributed by atoms with E-state index in [9.17, 15) is 15.0 Å². The number of nitrogen functional groups attached to an aromatic ring is 1. The van der Waals surface area contributed by atoms with Gasteiger partial charge in [0.1, 0.15) is 0 Å². The third-order valence-corrected chi connectivity index (χ3v) is 4.57. The van der Waals surface area contributed by atoms with Crippen LogP contribution in [0, 0.1) is 0 Å². The zero-order valence-corrected chi connectivity index (χ0v) is 10.9. The summed E-state index contributed by atoms with van der Waals surface area (Å²) in [5.74, 6) is 4.47. The van der Waals surface area contributed by atoms with Crippen molar-refractivity contribution in [1.29, 1.82) is 0 Å². The third-order valence-electron chi connectivity index (χ3n) is 2.67. The Kier molecular flexibility index (Phi) is 4.13. The van der Waals surface area contributed by atoms with Gasteiger partial charge in [-0.25, -0.2) is 0 Å². The summed E-state index contributed by atoms with van der Waals surface area (Å²) in [5.41, 5.74) is 2.13. The molecule has 8 nitrogen and oxygen atoms in total. The number of hydrazine groups is 1. The standard InChI is InChI=1S/C9H13N3O5Se/c10-12-8(16)3-2-18-9(11-3)7-6(15)5(14)4(1-13)17-7/h2,4-7,13-15H,1,10H2,(H,12,16)/t4-,5-,6-,7-/m1/s1. The van der Waals surface area contributed by atoms with Crippen LogP contribution in [0.1, 0.15) is 21.2 Å². The molecule has 1 aromatic heterocycles. The number of carbonyl (C=O) groups excluding carboxylic acids is 1. The van der Waals surface area contributed by atoms with E-state index in [1.54, 1.807) is 4.94 Å². The molecule has 1 saturated heterocycles. The summed E-state index contributed by atoms with van der Waals surface area (Å²) in [7, 11) is 0. The van der Waals surface area contributed by atoms with Crippen LogP contribution in [0.15, 0.2) is 4.94 Å². The Morgan fingerprint density at radius 3 is 2.83 bits per heavy atom. The number of aliphatic hydroxyl groups excluding tert-OH is 3. The van der Waals surface area contributed by atoms with E-state index in [-0.39, 0.29) is 20.2 Å². The molecular formula is C9H13N3O5Se. The third kappa shape index (κ3) is 2.34. The van der Waals surface area contributed by atoms with E-state index in [1.807, 2.05) is 5.43 Å². The summed E-state index contributed by atoms with van der Waals surface area (Å²) in [6.45, 7) is -0.390. The van der Waals surface area contributed by atoms with Crippen LogP contribution in [0.25, 0.3) is 0 Å². The number of aliphatic hydroxyl groups is 3. The number of hydrogen-bond donors (Lipinski definition) is 5. The molecule has 2 heterocycles. The Morgan fingerprint density at radius 1 is 1.56 bits per heavy atom.